The Morgan fingerprint density at radius 3 is 2.75 bits per heavy atom. The molecule has 3 N–H and O–H groups in total. The molecule has 0 aliphatic carbocycles. The van der Waals surface area contributed by atoms with Crippen LogP contribution >= 0.6 is 15.9 Å². The fraction of sp³-hybridized carbons (Fsp3) is 0.300. The zero-order valence-corrected chi connectivity index (χ0v) is 10.2. The molecule has 6 heteroatoms. The van der Waals surface area contributed by atoms with E-state index in [2.05, 4.69) is 26.2 Å². The molecule has 0 aliphatic rings. The molecule has 1 aromatic heterocycles. The number of halogens is 1. The van der Waals surface area contributed by atoms with E-state index in [9.17, 15) is 9.59 Å². The van der Waals surface area contributed by atoms with Gasteiger partial charge in [0.15, 0.2) is 0 Å². The Hall–Kier alpha value is -1.43. The van der Waals surface area contributed by atoms with Crippen molar-refractivity contribution in [1.29, 1.82) is 0 Å². The Morgan fingerprint density at radius 2 is 2.19 bits per heavy atom. The predicted octanol–water partition coefficient (Wildman–Crippen LogP) is 0.839. The highest BCUT2D eigenvalue weighted by molar-refractivity contribution is 9.10. The quantitative estimate of drug-likeness (QED) is 0.621. The maximum atomic E-state index is 11.5. The summed E-state index contributed by atoms with van der Waals surface area (Å²) in [5.74, 6) is -0.566. The Bertz CT molecular complexity index is 378. The number of carbonyl (C=O) groups is 2. The predicted molar refractivity (Wildman–Crippen MR) is 62.7 cm³/mol. The van der Waals surface area contributed by atoms with Crippen LogP contribution in [0.5, 0.6) is 0 Å². The van der Waals surface area contributed by atoms with Gasteiger partial charge in [0.25, 0.3) is 5.91 Å². The first-order valence-electron chi connectivity index (χ1n) is 4.77. The van der Waals surface area contributed by atoms with Gasteiger partial charge in [0.1, 0.15) is 4.60 Å². The maximum absolute atomic E-state index is 11.5. The van der Waals surface area contributed by atoms with Crippen molar-refractivity contribution in [3.63, 3.8) is 0 Å². The van der Waals surface area contributed by atoms with Gasteiger partial charge in [0.2, 0.25) is 5.91 Å². The second kappa shape index (κ2) is 6.22. The molecule has 0 saturated carbocycles. The number of hydrogen-bond donors (Lipinski definition) is 2. The second-order valence-corrected chi connectivity index (χ2v) is 4.01. The van der Waals surface area contributed by atoms with Crippen LogP contribution in [-0.2, 0) is 4.79 Å². The molecule has 2 amide bonds. The molecule has 5 nitrogen and oxygen atoms in total. The van der Waals surface area contributed by atoms with Gasteiger partial charge in [-0.1, -0.05) is 0 Å². The van der Waals surface area contributed by atoms with Gasteiger partial charge in [-0.05, 0) is 34.5 Å². The highest BCUT2D eigenvalue weighted by Gasteiger charge is 2.04. The summed E-state index contributed by atoms with van der Waals surface area (Å²) in [6.45, 7) is 0.428. The first-order valence-corrected chi connectivity index (χ1v) is 5.57. The van der Waals surface area contributed by atoms with Crippen molar-refractivity contribution in [1.82, 2.24) is 10.3 Å². The van der Waals surface area contributed by atoms with Gasteiger partial charge in [-0.25, -0.2) is 4.98 Å². The lowest BCUT2D eigenvalue weighted by atomic mass is 10.2. The maximum Gasteiger partial charge on any atom is 0.252 e. The zero-order chi connectivity index (χ0) is 12.0. The minimum Gasteiger partial charge on any atom is -0.370 e. The average Bonchev–Trinajstić information content (AvgIpc) is 2.25. The zero-order valence-electron chi connectivity index (χ0n) is 8.57. The van der Waals surface area contributed by atoms with Crippen molar-refractivity contribution in [2.24, 2.45) is 5.73 Å². The third-order valence-electron chi connectivity index (χ3n) is 1.88. The lowest BCUT2D eigenvalue weighted by Crippen LogP contribution is -2.25. The molecule has 0 atom stereocenters. The molecule has 1 aromatic rings. The van der Waals surface area contributed by atoms with Crippen LogP contribution < -0.4 is 11.1 Å². The summed E-state index contributed by atoms with van der Waals surface area (Å²) < 4.78 is 0.678. The molecule has 0 spiro atoms. The molecule has 0 bridgehead atoms. The van der Waals surface area contributed by atoms with Gasteiger partial charge in [0, 0.05) is 19.2 Å². The molecule has 0 unspecified atom stereocenters. The average molecular weight is 286 g/mol. The number of nitrogens with two attached hydrogens (primary N) is 1. The molecule has 0 aromatic carbocycles. The molecule has 86 valence electrons. The standard InChI is InChI=1S/C10H12BrN3O2/c11-8-4-3-7(6-14-8)10(16)13-5-1-2-9(12)15/h3-4,6H,1-2,5H2,(H2,12,15)(H,13,16). The van der Waals surface area contributed by atoms with Gasteiger partial charge in [0.05, 0.1) is 5.56 Å². The summed E-state index contributed by atoms with van der Waals surface area (Å²) in [4.78, 5) is 25.9. The monoisotopic (exact) mass is 285 g/mol. The topological polar surface area (TPSA) is 85.1 Å². The molecule has 0 radical (unpaired) electrons. The molecule has 0 saturated heterocycles. The highest BCUT2D eigenvalue weighted by atomic mass is 79.9. The number of rotatable bonds is 5. The van der Waals surface area contributed by atoms with E-state index in [1.54, 1.807) is 12.1 Å². The highest BCUT2D eigenvalue weighted by Crippen LogP contribution is 2.05. The minimum atomic E-state index is -0.362. The van der Waals surface area contributed by atoms with E-state index in [1.165, 1.54) is 6.20 Å². The number of hydrogen-bond acceptors (Lipinski definition) is 3. The number of pyridine rings is 1. The molecular formula is C10H12BrN3O2. The third kappa shape index (κ3) is 4.39. The Labute approximate surface area is 102 Å². The number of amides is 2. The van der Waals surface area contributed by atoms with Gasteiger partial charge in [-0.2, -0.15) is 0 Å². The Balaban J connectivity index is 2.35. The number of carbonyl (C=O) groups excluding carboxylic acids is 2. The van der Waals surface area contributed by atoms with Crippen LogP contribution in [0.3, 0.4) is 0 Å². The van der Waals surface area contributed by atoms with E-state index in [1.807, 2.05) is 0 Å². The van der Waals surface area contributed by atoms with Crippen molar-refractivity contribution >= 4 is 27.7 Å². The SMILES string of the molecule is NC(=O)CCCNC(=O)c1ccc(Br)nc1. The van der Waals surface area contributed by atoms with E-state index in [0.717, 1.165) is 0 Å². The van der Waals surface area contributed by atoms with E-state index in [0.29, 0.717) is 23.1 Å². The van der Waals surface area contributed by atoms with Crippen LogP contribution in [0.15, 0.2) is 22.9 Å². The third-order valence-corrected chi connectivity index (χ3v) is 2.34. The molecule has 0 aliphatic heterocycles. The minimum absolute atomic E-state index is 0.204. The number of aromatic nitrogens is 1. The van der Waals surface area contributed by atoms with Crippen molar-refractivity contribution < 1.29 is 9.59 Å². The molecule has 16 heavy (non-hydrogen) atoms. The van der Waals surface area contributed by atoms with Crippen molar-refractivity contribution in [2.75, 3.05) is 6.54 Å². The number of primary amides is 1. The van der Waals surface area contributed by atoms with Crippen molar-refractivity contribution in [3.05, 3.63) is 28.5 Å². The van der Waals surface area contributed by atoms with E-state index >= 15 is 0 Å². The summed E-state index contributed by atoms with van der Waals surface area (Å²) in [6.07, 6.45) is 2.30. The van der Waals surface area contributed by atoms with Crippen LogP contribution in [0.1, 0.15) is 23.2 Å². The Morgan fingerprint density at radius 1 is 1.44 bits per heavy atom. The van der Waals surface area contributed by atoms with Gasteiger partial charge in [-0.15, -0.1) is 0 Å². The molecule has 1 rings (SSSR count). The lowest BCUT2D eigenvalue weighted by molar-refractivity contribution is -0.118. The normalized spacial score (nSPS) is 9.81. The molecule has 0 fully saturated rings. The smallest absolute Gasteiger partial charge is 0.252 e. The first-order chi connectivity index (χ1) is 7.59. The largest absolute Gasteiger partial charge is 0.370 e. The second-order valence-electron chi connectivity index (χ2n) is 3.20. The van der Waals surface area contributed by atoms with Crippen LogP contribution in [0.2, 0.25) is 0 Å². The summed E-state index contributed by atoms with van der Waals surface area (Å²) in [7, 11) is 0. The first kappa shape index (κ1) is 12.6. The summed E-state index contributed by atoms with van der Waals surface area (Å²) in [5.41, 5.74) is 5.46. The Kier molecular flexibility index (Phi) is 4.91. The van der Waals surface area contributed by atoms with Crippen molar-refractivity contribution in [3.8, 4) is 0 Å². The van der Waals surface area contributed by atoms with Gasteiger partial charge < -0.3 is 11.1 Å². The van der Waals surface area contributed by atoms with Crippen molar-refractivity contribution in [2.45, 2.75) is 12.8 Å². The molecular weight excluding hydrogens is 274 g/mol. The van der Waals surface area contributed by atoms with E-state index in [4.69, 9.17) is 5.73 Å². The fourth-order valence-corrected chi connectivity index (χ4v) is 1.31. The summed E-state index contributed by atoms with van der Waals surface area (Å²) in [6, 6.07) is 3.36. The van der Waals surface area contributed by atoms with Crippen LogP contribution in [-0.4, -0.2) is 23.3 Å². The van der Waals surface area contributed by atoms with Gasteiger partial charge in [-0.3, -0.25) is 9.59 Å². The number of nitrogens with zero attached hydrogens (tertiary/aromatic N) is 1. The van der Waals surface area contributed by atoms with Crippen LogP contribution in [0.4, 0.5) is 0 Å². The van der Waals surface area contributed by atoms with Crippen LogP contribution in [0.25, 0.3) is 0 Å². The lowest BCUT2D eigenvalue weighted by Gasteiger charge is -2.03. The van der Waals surface area contributed by atoms with Gasteiger partial charge >= 0.3 is 0 Å². The summed E-state index contributed by atoms with van der Waals surface area (Å²) >= 11 is 3.18. The summed E-state index contributed by atoms with van der Waals surface area (Å²) in [5, 5.41) is 2.67. The fourth-order valence-electron chi connectivity index (χ4n) is 1.08. The van der Waals surface area contributed by atoms with Crippen LogP contribution in [0, 0.1) is 0 Å². The van der Waals surface area contributed by atoms with E-state index < -0.39 is 0 Å². The van der Waals surface area contributed by atoms with E-state index in [-0.39, 0.29) is 18.2 Å². The number of nitrogens with one attached hydrogen (secondary N) is 1. The molecule has 1 heterocycles.